The average molecular weight is 241 g/mol. The normalized spacial score (nSPS) is 10.0. The Bertz CT molecular complexity index is 508. The van der Waals surface area contributed by atoms with Gasteiger partial charge < -0.3 is 11.1 Å². The van der Waals surface area contributed by atoms with Crippen molar-refractivity contribution in [2.45, 2.75) is 6.42 Å². The number of hydrogen-bond acceptors (Lipinski definition) is 3. The van der Waals surface area contributed by atoms with Crippen molar-refractivity contribution in [2.24, 2.45) is 5.73 Å². The molecule has 0 saturated heterocycles. The summed E-state index contributed by atoms with van der Waals surface area (Å²) >= 11 is 0. The number of anilines is 1. The number of pyridine rings is 1. The molecule has 1 amide bonds. The minimum atomic E-state index is -0.404. The highest BCUT2D eigenvalue weighted by Gasteiger charge is 1.99. The summed E-state index contributed by atoms with van der Waals surface area (Å²) in [7, 11) is 0. The number of aromatic nitrogens is 1. The molecule has 0 saturated carbocycles. The van der Waals surface area contributed by atoms with Crippen LogP contribution in [0, 0.1) is 0 Å². The third kappa shape index (κ3) is 3.31. The second-order valence-electron chi connectivity index (χ2n) is 3.97. The first-order valence-corrected chi connectivity index (χ1v) is 5.78. The van der Waals surface area contributed by atoms with Gasteiger partial charge in [-0.15, -0.1) is 0 Å². The summed E-state index contributed by atoms with van der Waals surface area (Å²) in [4.78, 5) is 14.9. The van der Waals surface area contributed by atoms with Gasteiger partial charge in [0.25, 0.3) is 0 Å². The number of carbonyl (C=O) groups excluding carboxylic acids is 1. The summed E-state index contributed by atoms with van der Waals surface area (Å²) in [5, 5.41) is 3.29. The highest BCUT2D eigenvalue weighted by molar-refractivity contribution is 5.93. The first-order chi connectivity index (χ1) is 8.75. The van der Waals surface area contributed by atoms with Crippen LogP contribution in [0.1, 0.15) is 15.9 Å². The van der Waals surface area contributed by atoms with E-state index in [-0.39, 0.29) is 0 Å². The van der Waals surface area contributed by atoms with Crippen molar-refractivity contribution >= 4 is 11.6 Å². The Morgan fingerprint density at radius 1 is 1.11 bits per heavy atom. The van der Waals surface area contributed by atoms with Crippen LogP contribution in [0.3, 0.4) is 0 Å². The smallest absolute Gasteiger partial charge is 0.248 e. The Kier molecular flexibility index (Phi) is 3.91. The fourth-order valence-electron chi connectivity index (χ4n) is 1.65. The molecular weight excluding hydrogens is 226 g/mol. The van der Waals surface area contributed by atoms with Crippen LogP contribution in [0.15, 0.2) is 48.8 Å². The maximum absolute atomic E-state index is 10.9. The topological polar surface area (TPSA) is 68.0 Å². The van der Waals surface area contributed by atoms with Gasteiger partial charge in [0, 0.05) is 30.2 Å². The summed E-state index contributed by atoms with van der Waals surface area (Å²) in [6.07, 6.45) is 4.51. The monoisotopic (exact) mass is 241 g/mol. The maximum atomic E-state index is 10.9. The molecule has 4 nitrogen and oxygen atoms in total. The van der Waals surface area contributed by atoms with Crippen LogP contribution in [0.4, 0.5) is 5.69 Å². The average Bonchev–Trinajstić information content (AvgIpc) is 2.40. The van der Waals surface area contributed by atoms with Crippen molar-refractivity contribution in [1.82, 2.24) is 4.98 Å². The van der Waals surface area contributed by atoms with Gasteiger partial charge in [0.2, 0.25) is 5.91 Å². The number of amides is 1. The molecule has 0 aliphatic carbocycles. The summed E-state index contributed by atoms with van der Waals surface area (Å²) < 4.78 is 0. The number of nitrogens with two attached hydrogens (primary N) is 1. The molecule has 0 radical (unpaired) electrons. The van der Waals surface area contributed by atoms with Crippen LogP contribution in [0.2, 0.25) is 0 Å². The quantitative estimate of drug-likeness (QED) is 0.839. The number of carbonyl (C=O) groups is 1. The Morgan fingerprint density at radius 2 is 1.78 bits per heavy atom. The lowest BCUT2D eigenvalue weighted by Crippen LogP contribution is -2.11. The number of primary amides is 1. The van der Waals surface area contributed by atoms with Crippen molar-refractivity contribution < 1.29 is 4.79 Å². The van der Waals surface area contributed by atoms with Gasteiger partial charge >= 0.3 is 0 Å². The molecule has 0 aliphatic heterocycles. The van der Waals surface area contributed by atoms with Crippen LogP contribution in [0.5, 0.6) is 0 Å². The minimum Gasteiger partial charge on any atom is -0.385 e. The number of nitrogens with zero attached hydrogens (tertiary/aromatic N) is 1. The molecule has 0 atom stereocenters. The predicted octanol–water partition coefficient (Wildman–Crippen LogP) is 1.84. The molecular formula is C14H15N3O. The molecule has 1 heterocycles. The van der Waals surface area contributed by atoms with Gasteiger partial charge in [0.15, 0.2) is 0 Å². The fraction of sp³-hybridized carbons (Fsp3) is 0.143. The van der Waals surface area contributed by atoms with Crippen LogP contribution >= 0.6 is 0 Å². The Hall–Kier alpha value is -2.36. The highest BCUT2D eigenvalue weighted by atomic mass is 16.1. The van der Waals surface area contributed by atoms with Crippen LogP contribution in [-0.2, 0) is 6.42 Å². The number of nitrogens with one attached hydrogen (secondary N) is 1. The van der Waals surface area contributed by atoms with Crippen molar-refractivity contribution in [3.63, 3.8) is 0 Å². The van der Waals surface area contributed by atoms with E-state index in [1.807, 2.05) is 24.3 Å². The van der Waals surface area contributed by atoms with Crippen LogP contribution in [0.25, 0.3) is 0 Å². The van der Waals surface area contributed by atoms with E-state index in [0.29, 0.717) is 5.56 Å². The molecule has 2 rings (SSSR count). The van der Waals surface area contributed by atoms with E-state index in [4.69, 9.17) is 5.73 Å². The second kappa shape index (κ2) is 5.82. The van der Waals surface area contributed by atoms with Crippen molar-refractivity contribution in [3.8, 4) is 0 Å². The predicted molar refractivity (Wildman–Crippen MR) is 71.4 cm³/mol. The van der Waals surface area contributed by atoms with Crippen molar-refractivity contribution in [1.29, 1.82) is 0 Å². The molecule has 1 aromatic carbocycles. The van der Waals surface area contributed by atoms with E-state index in [9.17, 15) is 4.79 Å². The maximum Gasteiger partial charge on any atom is 0.248 e. The van der Waals surface area contributed by atoms with E-state index >= 15 is 0 Å². The van der Waals surface area contributed by atoms with E-state index in [1.54, 1.807) is 24.5 Å². The molecule has 0 bridgehead atoms. The molecule has 0 spiro atoms. The molecule has 92 valence electrons. The lowest BCUT2D eigenvalue weighted by molar-refractivity contribution is 0.100. The lowest BCUT2D eigenvalue weighted by atomic mass is 10.2. The summed E-state index contributed by atoms with van der Waals surface area (Å²) in [6, 6.07) is 11.1. The van der Waals surface area contributed by atoms with Crippen LogP contribution < -0.4 is 11.1 Å². The molecule has 0 unspecified atom stereocenters. The van der Waals surface area contributed by atoms with E-state index in [1.165, 1.54) is 5.56 Å². The van der Waals surface area contributed by atoms with E-state index in [0.717, 1.165) is 18.7 Å². The van der Waals surface area contributed by atoms with E-state index in [2.05, 4.69) is 10.3 Å². The number of rotatable bonds is 5. The van der Waals surface area contributed by atoms with Crippen LogP contribution in [-0.4, -0.2) is 17.4 Å². The Balaban J connectivity index is 1.85. The molecule has 0 aliphatic rings. The van der Waals surface area contributed by atoms with Gasteiger partial charge in [-0.2, -0.15) is 0 Å². The fourth-order valence-corrected chi connectivity index (χ4v) is 1.65. The second-order valence-corrected chi connectivity index (χ2v) is 3.97. The zero-order chi connectivity index (χ0) is 12.8. The van der Waals surface area contributed by atoms with Gasteiger partial charge in [0.1, 0.15) is 0 Å². The molecule has 2 aromatic rings. The van der Waals surface area contributed by atoms with Crippen molar-refractivity contribution in [2.75, 3.05) is 11.9 Å². The Labute approximate surface area is 106 Å². The highest BCUT2D eigenvalue weighted by Crippen LogP contribution is 2.09. The number of hydrogen-bond donors (Lipinski definition) is 2. The molecule has 1 aromatic heterocycles. The summed E-state index contributed by atoms with van der Waals surface area (Å²) in [6.45, 7) is 0.833. The molecule has 3 N–H and O–H groups in total. The molecule has 0 fully saturated rings. The number of benzene rings is 1. The van der Waals surface area contributed by atoms with Gasteiger partial charge in [0.05, 0.1) is 0 Å². The zero-order valence-electron chi connectivity index (χ0n) is 9.97. The van der Waals surface area contributed by atoms with Gasteiger partial charge in [-0.05, 0) is 48.4 Å². The molecule has 18 heavy (non-hydrogen) atoms. The first kappa shape index (κ1) is 12.1. The van der Waals surface area contributed by atoms with Gasteiger partial charge in [-0.25, -0.2) is 0 Å². The SMILES string of the molecule is NC(=O)c1ccc(NCCc2ccncc2)cc1. The summed E-state index contributed by atoms with van der Waals surface area (Å²) in [5.41, 5.74) is 7.92. The third-order valence-corrected chi connectivity index (χ3v) is 2.66. The Morgan fingerprint density at radius 3 is 2.39 bits per heavy atom. The minimum absolute atomic E-state index is 0.404. The van der Waals surface area contributed by atoms with Crippen molar-refractivity contribution in [3.05, 3.63) is 59.9 Å². The van der Waals surface area contributed by atoms with Gasteiger partial charge in [-0.3, -0.25) is 9.78 Å². The van der Waals surface area contributed by atoms with E-state index < -0.39 is 5.91 Å². The largest absolute Gasteiger partial charge is 0.385 e. The zero-order valence-corrected chi connectivity index (χ0v) is 9.97. The summed E-state index contributed by atoms with van der Waals surface area (Å²) in [5.74, 6) is -0.404. The van der Waals surface area contributed by atoms with Gasteiger partial charge in [-0.1, -0.05) is 0 Å². The lowest BCUT2D eigenvalue weighted by Gasteiger charge is -2.06. The standard InChI is InChI=1S/C14H15N3O/c15-14(18)12-1-3-13(4-2-12)17-10-7-11-5-8-16-9-6-11/h1-6,8-9,17H,7,10H2,(H2,15,18). The molecule has 4 heteroatoms. The first-order valence-electron chi connectivity index (χ1n) is 5.78. The third-order valence-electron chi connectivity index (χ3n) is 2.66.